The Morgan fingerprint density at radius 1 is 1.33 bits per heavy atom. The first-order chi connectivity index (χ1) is 11.4. The normalized spacial score (nSPS) is 10.5. The molecule has 0 aliphatic carbocycles. The smallest absolute Gasteiger partial charge is 0.300 e. The summed E-state index contributed by atoms with van der Waals surface area (Å²) in [5.41, 5.74) is -0.508. The molecule has 3 aromatic rings. The Morgan fingerprint density at radius 3 is 2.75 bits per heavy atom. The van der Waals surface area contributed by atoms with Crippen LogP contribution in [0.2, 0.25) is 5.02 Å². The van der Waals surface area contributed by atoms with Crippen molar-refractivity contribution >= 4 is 44.1 Å². The summed E-state index contributed by atoms with van der Waals surface area (Å²) >= 11 is 8.95. The van der Waals surface area contributed by atoms with Crippen LogP contribution in [0.3, 0.4) is 0 Å². The number of rotatable bonds is 2. The van der Waals surface area contributed by atoms with E-state index in [9.17, 15) is 20.2 Å². The van der Waals surface area contributed by atoms with E-state index in [0.29, 0.717) is 21.5 Å². The molecule has 0 bridgehead atoms. The van der Waals surface area contributed by atoms with Gasteiger partial charge in [0.1, 0.15) is 5.82 Å². The molecule has 0 aliphatic rings. The highest BCUT2D eigenvalue weighted by atomic mass is 79.9. The van der Waals surface area contributed by atoms with Gasteiger partial charge in [-0.2, -0.15) is 5.26 Å². The van der Waals surface area contributed by atoms with E-state index < -0.39 is 16.0 Å². The number of fused-ring (bicyclic) bond motifs is 1. The third-order valence-corrected chi connectivity index (χ3v) is 4.10. The lowest BCUT2D eigenvalue weighted by Gasteiger charge is -2.09. The fourth-order valence-electron chi connectivity index (χ4n) is 2.20. The first-order valence-electron chi connectivity index (χ1n) is 6.47. The van der Waals surface area contributed by atoms with Crippen molar-refractivity contribution in [2.45, 2.75) is 0 Å². The van der Waals surface area contributed by atoms with Crippen molar-refractivity contribution in [3.8, 4) is 11.9 Å². The fourth-order valence-corrected chi connectivity index (χ4v) is 2.80. The van der Waals surface area contributed by atoms with Gasteiger partial charge in [-0.3, -0.25) is 14.9 Å². The van der Waals surface area contributed by atoms with Gasteiger partial charge in [0.25, 0.3) is 5.43 Å². The zero-order valence-electron chi connectivity index (χ0n) is 11.7. The molecule has 2 aromatic heterocycles. The lowest BCUT2D eigenvalue weighted by atomic mass is 10.1. The molecule has 0 saturated heterocycles. The molecule has 1 aromatic carbocycles. The van der Waals surface area contributed by atoms with Gasteiger partial charge in [-0.25, -0.2) is 4.98 Å². The molecule has 2 heterocycles. The van der Waals surface area contributed by atoms with Crippen LogP contribution in [-0.2, 0) is 0 Å². The van der Waals surface area contributed by atoms with E-state index in [4.69, 9.17) is 11.6 Å². The van der Waals surface area contributed by atoms with Crippen molar-refractivity contribution in [2.24, 2.45) is 0 Å². The number of hydrogen-bond acceptors (Lipinski definition) is 5. The summed E-state index contributed by atoms with van der Waals surface area (Å²) in [6, 6.07) is 8.42. The third-order valence-electron chi connectivity index (χ3n) is 3.30. The van der Waals surface area contributed by atoms with Gasteiger partial charge in [0, 0.05) is 16.6 Å². The van der Waals surface area contributed by atoms with E-state index in [1.165, 1.54) is 16.8 Å². The topological polar surface area (TPSA) is 102 Å². The molecule has 118 valence electrons. The second-order valence-electron chi connectivity index (χ2n) is 4.79. The van der Waals surface area contributed by atoms with Crippen LogP contribution < -0.4 is 5.43 Å². The van der Waals surface area contributed by atoms with Crippen LogP contribution in [0.5, 0.6) is 0 Å². The highest BCUT2D eigenvalue weighted by Gasteiger charge is 2.17. The standard InChI is InChI=1S/C15H6BrClN4O3/c16-11-6-20(7-13(15(11)22)21(23)24)14-3-8(5-18)10-4-9(17)1-2-12(10)19-14/h1-4,6-7H. The van der Waals surface area contributed by atoms with Crippen LogP contribution in [0.1, 0.15) is 5.56 Å². The minimum Gasteiger partial charge on any atom is -0.300 e. The molecule has 0 amide bonds. The van der Waals surface area contributed by atoms with Gasteiger partial charge < -0.3 is 4.57 Å². The van der Waals surface area contributed by atoms with Crippen molar-refractivity contribution in [3.63, 3.8) is 0 Å². The van der Waals surface area contributed by atoms with Crippen LogP contribution in [0.4, 0.5) is 5.69 Å². The van der Waals surface area contributed by atoms with E-state index >= 15 is 0 Å². The average molecular weight is 406 g/mol. The first-order valence-corrected chi connectivity index (χ1v) is 7.65. The molecule has 0 fully saturated rings. The van der Waals surface area contributed by atoms with Gasteiger partial charge in [-0.05, 0) is 40.2 Å². The van der Waals surface area contributed by atoms with Crippen molar-refractivity contribution in [2.75, 3.05) is 0 Å². The minimum absolute atomic E-state index is 0.0215. The third kappa shape index (κ3) is 2.75. The first kappa shape index (κ1) is 16.1. The Bertz CT molecular complexity index is 1100. The number of nitrogens with zero attached hydrogens (tertiary/aromatic N) is 4. The Balaban J connectivity index is 2.31. The van der Waals surface area contributed by atoms with Gasteiger partial charge in [-0.1, -0.05) is 11.6 Å². The monoisotopic (exact) mass is 404 g/mol. The quantitative estimate of drug-likeness (QED) is 0.479. The van der Waals surface area contributed by atoms with Gasteiger partial charge in [0.15, 0.2) is 0 Å². The van der Waals surface area contributed by atoms with Crippen molar-refractivity contribution in [3.05, 3.63) is 72.1 Å². The second kappa shape index (κ2) is 6.03. The summed E-state index contributed by atoms with van der Waals surface area (Å²) in [5, 5.41) is 21.4. The molecule has 9 heteroatoms. The van der Waals surface area contributed by atoms with E-state index in [1.807, 2.05) is 0 Å². The molecule has 0 spiro atoms. The van der Waals surface area contributed by atoms with Crippen LogP contribution in [-0.4, -0.2) is 14.5 Å². The highest BCUT2D eigenvalue weighted by Crippen LogP contribution is 2.24. The lowest BCUT2D eigenvalue weighted by molar-refractivity contribution is -0.386. The number of benzene rings is 1. The van der Waals surface area contributed by atoms with Crippen molar-refractivity contribution < 1.29 is 4.92 Å². The summed E-state index contributed by atoms with van der Waals surface area (Å²) in [5.74, 6) is 0.269. The fraction of sp³-hybridized carbons (Fsp3) is 0. The predicted octanol–water partition coefficient (Wildman–Crippen LogP) is 3.58. The van der Waals surface area contributed by atoms with Gasteiger partial charge in [-0.15, -0.1) is 0 Å². The van der Waals surface area contributed by atoms with Crippen molar-refractivity contribution in [1.29, 1.82) is 5.26 Å². The molecule has 0 aliphatic heterocycles. The Hall–Kier alpha value is -2.76. The number of halogens is 2. The Labute approximate surface area is 148 Å². The van der Waals surface area contributed by atoms with E-state index in [1.54, 1.807) is 18.2 Å². The Kier molecular flexibility index (Phi) is 4.05. The zero-order valence-corrected chi connectivity index (χ0v) is 14.1. The number of aromatic nitrogens is 2. The summed E-state index contributed by atoms with van der Waals surface area (Å²) < 4.78 is 1.34. The molecule has 24 heavy (non-hydrogen) atoms. The molecule has 0 saturated carbocycles. The molecule has 7 nitrogen and oxygen atoms in total. The highest BCUT2D eigenvalue weighted by molar-refractivity contribution is 9.10. The molecule has 0 unspecified atom stereocenters. The van der Waals surface area contributed by atoms with Gasteiger partial charge in [0.05, 0.1) is 32.7 Å². The average Bonchev–Trinajstić information content (AvgIpc) is 2.55. The summed E-state index contributed by atoms with van der Waals surface area (Å²) in [4.78, 5) is 26.4. The summed E-state index contributed by atoms with van der Waals surface area (Å²) in [6.45, 7) is 0. The molecular weight excluding hydrogens is 400 g/mol. The van der Waals surface area contributed by atoms with Gasteiger partial charge in [0.2, 0.25) is 0 Å². The van der Waals surface area contributed by atoms with E-state index in [-0.39, 0.29) is 10.3 Å². The summed E-state index contributed by atoms with van der Waals surface area (Å²) in [6.07, 6.45) is 2.43. The Morgan fingerprint density at radius 2 is 2.08 bits per heavy atom. The number of nitro groups is 1. The maximum Gasteiger partial charge on any atom is 0.333 e. The number of nitriles is 1. The summed E-state index contributed by atoms with van der Waals surface area (Å²) in [7, 11) is 0. The molecule has 0 atom stereocenters. The van der Waals surface area contributed by atoms with Crippen LogP contribution in [0.25, 0.3) is 16.7 Å². The second-order valence-corrected chi connectivity index (χ2v) is 6.08. The van der Waals surface area contributed by atoms with E-state index in [2.05, 4.69) is 27.0 Å². The van der Waals surface area contributed by atoms with Crippen LogP contribution >= 0.6 is 27.5 Å². The van der Waals surface area contributed by atoms with E-state index in [0.717, 1.165) is 6.20 Å². The zero-order chi connectivity index (χ0) is 17.4. The molecule has 0 radical (unpaired) electrons. The molecular formula is C15H6BrClN4O3. The number of hydrogen-bond donors (Lipinski definition) is 0. The van der Waals surface area contributed by atoms with Crippen molar-refractivity contribution in [1.82, 2.24) is 9.55 Å². The molecule has 0 N–H and O–H groups in total. The lowest BCUT2D eigenvalue weighted by Crippen LogP contribution is -2.13. The largest absolute Gasteiger partial charge is 0.333 e. The maximum atomic E-state index is 11.8. The predicted molar refractivity (Wildman–Crippen MR) is 91.4 cm³/mol. The minimum atomic E-state index is -0.768. The van der Waals surface area contributed by atoms with Crippen LogP contribution in [0.15, 0.2) is 45.9 Å². The maximum absolute atomic E-state index is 11.8. The SMILES string of the molecule is N#Cc1cc(-n2cc(Br)c(=O)c([N+](=O)[O-])c2)nc2ccc(Cl)cc12. The molecule has 3 rings (SSSR count). The van der Waals surface area contributed by atoms with Crippen LogP contribution in [0, 0.1) is 21.4 Å². The van der Waals surface area contributed by atoms with Gasteiger partial charge >= 0.3 is 5.69 Å². The number of pyridine rings is 2.